The molecule has 0 aromatic carbocycles. The standard InChI is InChI=1S/C16H30N2O/c1-18(15-10-5-3-2-4-6-11-15)16(19)13-8-7-9-14(17)12-13/h13-15H,2-12,17H2,1H3. The number of rotatable bonds is 2. The molecular formula is C16H30N2O. The maximum absolute atomic E-state index is 12.6. The Bertz CT molecular complexity index is 284. The summed E-state index contributed by atoms with van der Waals surface area (Å²) in [6.07, 6.45) is 13.2. The molecule has 2 saturated carbocycles. The van der Waals surface area contributed by atoms with E-state index in [0.29, 0.717) is 11.9 Å². The van der Waals surface area contributed by atoms with Crippen LogP contribution in [-0.4, -0.2) is 29.9 Å². The molecule has 2 aliphatic rings. The van der Waals surface area contributed by atoms with Crippen molar-refractivity contribution in [3.63, 3.8) is 0 Å². The zero-order valence-corrected chi connectivity index (χ0v) is 12.4. The van der Waals surface area contributed by atoms with E-state index in [9.17, 15) is 4.79 Å². The van der Waals surface area contributed by atoms with Crippen LogP contribution in [0.25, 0.3) is 0 Å². The minimum Gasteiger partial charge on any atom is -0.343 e. The maximum Gasteiger partial charge on any atom is 0.225 e. The molecule has 3 nitrogen and oxygen atoms in total. The highest BCUT2D eigenvalue weighted by Gasteiger charge is 2.30. The minimum absolute atomic E-state index is 0.194. The highest BCUT2D eigenvalue weighted by molar-refractivity contribution is 5.79. The van der Waals surface area contributed by atoms with Crippen LogP contribution >= 0.6 is 0 Å². The van der Waals surface area contributed by atoms with Crippen LogP contribution in [0, 0.1) is 5.92 Å². The van der Waals surface area contributed by atoms with Gasteiger partial charge in [-0.05, 0) is 32.1 Å². The highest BCUT2D eigenvalue weighted by atomic mass is 16.2. The first-order valence-corrected chi connectivity index (χ1v) is 8.20. The third-order valence-corrected chi connectivity index (χ3v) is 5.03. The van der Waals surface area contributed by atoms with E-state index >= 15 is 0 Å². The summed E-state index contributed by atoms with van der Waals surface area (Å²) in [6.45, 7) is 0. The summed E-state index contributed by atoms with van der Waals surface area (Å²) < 4.78 is 0. The summed E-state index contributed by atoms with van der Waals surface area (Å²) >= 11 is 0. The fraction of sp³-hybridized carbons (Fsp3) is 0.938. The quantitative estimate of drug-likeness (QED) is 0.835. The Morgan fingerprint density at radius 3 is 2.21 bits per heavy atom. The predicted octanol–water partition coefficient (Wildman–Crippen LogP) is 3.08. The van der Waals surface area contributed by atoms with E-state index in [-0.39, 0.29) is 12.0 Å². The number of amides is 1. The van der Waals surface area contributed by atoms with E-state index in [1.807, 2.05) is 7.05 Å². The molecule has 1 amide bonds. The van der Waals surface area contributed by atoms with Gasteiger partial charge >= 0.3 is 0 Å². The van der Waals surface area contributed by atoms with Crippen molar-refractivity contribution < 1.29 is 4.79 Å². The molecule has 2 N–H and O–H groups in total. The van der Waals surface area contributed by atoms with Gasteiger partial charge in [0.05, 0.1) is 0 Å². The number of carbonyl (C=O) groups excluding carboxylic acids is 1. The van der Waals surface area contributed by atoms with E-state index in [4.69, 9.17) is 5.73 Å². The van der Waals surface area contributed by atoms with Gasteiger partial charge in [0.25, 0.3) is 0 Å². The van der Waals surface area contributed by atoms with Crippen LogP contribution < -0.4 is 5.73 Å². The average Bonchev–Trinajstić information content (AvgIpc) is 2.37. The molecule has 0 spiro atoms. The molecule has 0 heterocycles. The Kier molecular flexibility index (Phi) is 5.68. The molecule has 110 valence electrons. The molecule has 0 aromatic rings. The Morgan fingerprint density at radius 1 is 0.947 bits per heavy atom. The molecule has 19 heavy (non-hydrogen) atoms. The average molecular weight is 266 g/mol. The van der Waals surface area contributed by atoms with Crippen molar-refractivity contribution in [2.24, 2.45) is 11.7 Å². The van der Waals surface area contributed by atoms with Crippen LogP contribution in [0.5, 0.6) is 0 Å². The lowest BCUT2D eigenvalue weighted by molar-refractivity contribution is -0.137. The van der Waals surface area contributed by atoms with E-state index in [1.54, 1.807) is 0 Å². The first kappa shape index (κ1) is 14.8. The molecule has 2 aliphatic carbocycles. The van der Waals surface area contributed by atoms with Crippen molar-refractivity contribution in [2.45, 2.75) is 82.7 Å². The van der Waals surface area contributed by atoms with Crippen molar-refractivity contribution in [3.8, 4) is 0 Å². The molecule has 0 radical (unpaired) electrons. The Balaban J connectivity index is 1.89. The van der Waals surface area contributed by atoms with Gasteiger partial charge in [-0.15, -0.1) is 0 Å². The predicted molar refractivity (Wildman–Crippen MR) is 78.8 cm³/mol. The van der Waals surface area contributed by atoms with E-state index in [2.05, 4.69) is 4.90 Å². The number of nitrogens with two attached hydrogens (primary N) is 1. The first-order chi connectivity index (χ1) is 9.18. The van der Waals surface area contributed by atoms with Crippen LogP contribution in [0.4, 0.5) is 0 Å². The molecule has 0 aliphatic heterocycles. The molecule has 2 rings (SSSR count). The van der Waals surface area contributed by atoms with Gasteiger partial charge in [0.2, 0.25) is 5.91 Å². The van der Waals surface area contributed by atoms with Crippen LogP contribution in [0.2, 0.25) is 0 Å². The van der Waals surface area contributed by atoms with Crippen LogP contribution in [0.3, 0.4) is 0 Å². The SMILES string of the molecule is CN(C(=O)C1CCCC(N)C1)C1CCCCCCC1. The summed E-state index contributed by atoms with van der Waals surface area (Å²) in [5, 5.41) is 0. The van der Waals surface area contributed by atoms with Gasteiger partial charge in [-0.3, -0.25) is 4.79 Å². The largest absolute Gasteiger partial charge is 0.343 e. The summed E-state index contributed by atoms with van der Waals surface area (Å²) in [5.74, 6) is 0.555. The zero-order chi connectivity index (χ0) is 13.7. The molecule has 0 saturated heterocycles. The third-order valence-electron chi connectivity index (χ3n) is 5.03. The number of hydrogen-bond acceptors (Lipinski definition) is 2. The Morgan fingerprint density at radius 2 is 1.58 bits per heavy atom. The number of carbonyl (C=O) groups is 1. The second-order valence-corrected chi connectivity index (χ2v) is 6.57. The molecular weight excluding hydrogens is 236 g/mol. The van der Waals surface area contributed by atoms with Crippen molar-refractivity contribution in [1.29, 1.82) is 0 Å². The molecule has 3 heteroatoms. The third kappa shape index (κ3) is 4.20. The Labute approximate surface area is 117 Å². The van der Waals surface area contributed by atoms with Crippen LogP contribution in [-0.2, 0) is 4.79 Å². The van der Waals surface area contributed by atoms with E-state index in [0.717, 1.165) is 25.7 Å². The van der Waals surface area contributed by atoms with Gasteiger partial charge in [-0.25, -0.2) is 0 Å². The lowest BCUT2D eigenvalue weighted by atomic mass is 9.84. The van der Waals surface area contributed by atoms with Crippen molar-refractivity contribution in [1.82, 2.24) is 4.90 Å². The monoisotopic (exact) mass is 266 g/mol. The van der Waals surface area contributed by atoms with Gasteiger partial charge in [0.1, 0.15) is 0 Å². The van der Waals surface area contributed by atoms with Crippen molar-refractivity contribution in [2.75, 3.05) is 7.05 Å². The van der Waals surface area contributed by atoms with Gasteiger partial charge in [-0.2, -0.15) is 0 Å². The van der Waals surface area contributed by atoms with E-state index < -0.39 is 0 Å². The fourth-order valence-corrected chi connectivity index (χ4v) is 3.74. The van der Waals surface area contributed by atoms with E-state index in [1.165, 1.54) is 44.9 Å². The van der Waals surface area contributed by atoms with Gasteiger partial charge in [0, 0.05) is 25.0 Å². The van der Waals surface area contributed by atoms with Crippen molar-refractivity contribution >= 4 is 5.91 Å². The molecule has 2 fully saturated rings. The Hall–Kier alpha value is -0.570. The molecule has 0 aromatic heterocycles. The number of hydrogen-bond donors (Lipinski definition) is 1. The lowest BCUT2D eigenvalue weighted by Crippen LogP contribution is -2.43. The number of nitrogens with zero attached hydrogens (tertiary/aromatic N) is 1. The lowest BCUT2D eigenvalue weighted by Gasteiger charge is -2.35. The van der Waals surface area contributed by atoms with Crippen LogP contribution in [0.1, 0.15) is 70.6 Å². The van der Waals surface area contributed by atoms with Crippen LogP contribution in [0.15, 0.2) is 0 Å². The second kappa shape index (κ2) is 7.28. The maximum atomic E-state index is 12.6. The minimum atomic E-state index is 0.194. The summed E-state index contributed by atoms with van der Waals surface area (Å²) in [6, 6.07) is 0.722. The van der Waals surface area contributed by atoms with Gasteiger partial charge < -0.3 is 10.6 Å². The summed E-state index contributed by atoms with van der Waals surface area (Å²) in [4.78, 5) is 14.7. The second-order valence-electron chi connectivity index (χ2n) is 6.57. The van der Waals surface area contributed by atoms with Gasteiger partial charge in [0.15, 0.2) is 0 Å². The first-order valence-electron chi connectivity index (χ1n) is 8.20. The molecule has 2 unspecified atom stereocenters. The van der Waals surface area contributed by atoms with Crippen molar-refractivity contribution in [3.05, 3.63) is 0 Å². The molecule has 0 bridgehead atoms. The highest BCUT2D eigenvalue weighted by Crippen LogP contribution is 2.27. The zero-order valence-electron chi connectivity index (χ0n) is 12.4. The normalized spacial score (nSPS) is 30.4. The summed E-state index contributed by atoms with van der Waals surface area (Å²) in [7, 11) is 2.02. The topological polar surface area (TPSA) is 46.3 Å². The fourth-order valence-electron chi connectivity index (χ4n) is 3.74. The summed E-state index contributed by atoms with van der Waals surface area (Å²) in [5.41, 5.74) is 6.02. The smallest absolute Gasteiger partial charge is 0.225 e. The molecule has 2 atom stereocenters. The van der Waals surface area contributed by atoms with Gasteiger partial charge in [-0.1, -0.05) is 38.5 Å².